The van der Waals surface area contributed by atoms with Crippen LogP contribution < -0.4 is 20.1 Å². The number of anilines is 1. The molecule has 2 aromatic rings. The maximum atomic E-state index is 12.1. The Morgan fingerprint density at radius 3 is 2.46 bits per heavy atom. The summed E-state index contributed by atoms with van der Waals surface area (Å²) in [5, 5.41) is 5.82. The molecular formula is C18H18Cl2N2O4. The van der Waals surface area contributed by atoms with Crippen molar-refractivity contribution in [2.24, 2.45) is 0 Å². The SMILES string of the molecule is CCOc1ccc(NC(=O)CNC(=O)c2ccc(Cl)c(Cl)c2)cc1OC. The molecule has 26 heavy (non-hydrogen) atoms. The number of halogens is 2. The monoisotopic (exact) mass is 396 g/mol. The molecule has 0 aromatic heterocycles. The summed E-state index contributed by atoms with van der Waals surface area (Å²) >= 11 is 11.7. The van der Waals surface area contributed by atoms with E-state index < -0.39 is 5.91 Å². The number of rotatable bonds is 7. The van der Waals surface area contributed by atoms with Gasteiger partial charge in [-0.3, -0.25) is 9.59 Å². The van der Waals surface area contributed by atoms with Gasteiger partial charge in [-0.15, -0.1) is 0 Å². The number of hydrogen-bond acceptors (Lipinski definition) is 4. The summed E-state index contributed by atoms with van der Waals surface area (Å²) in [7, 11) is 1.51. The molecule has 0 atom stereocenters. The number of amides is 2. The molecule has 0 aliphatic heterocycles. The van der Waals surface area contributed by atoms with E-state index in [1.165, 1.54) is 25.3 Å². The van der Waals surface area contributed by atoms with E-state index in [9.17, 15) is 9.59 Å². The van der Waals surface area contributed by atoms with Crippen LogP contribution in [0.25, 0.3) is 0 Å². The van der Waals surface area contributed by atoms with Crippen LogP contribution in [0.5, 0.6) is 11.5 Å². The number of carbonyl (C=O) groups excluding carboxylic acids is 2. The molecule has 0 saturated carbocycles. The standard InChI is InChI=1S/C18H18Cl2N2O4/c1-3-26-15-7-5-12(9-16(15)25-2)22-17(23)10-21-18(24)11-4-6-13(19)14(20)8-11/h4-9H,3,10H2,1-2H3,(H,21,24)(H,22,23). The van der Waals surface area contributed by atoms with Gasteiger partial charge in [-0.1, -0.05) is 23.2 Å². The topological polar surface area (TPSA) is 76.7 Å². The zero-order valence-electron chi connectivity index (χ0n) is 14.3. The number of nitrogens with one attached hydrogen (secondary N) is 2. The van der Waals surface area contributed by atoms with Crippen molar-refractivity contribution in [3.63, 3.8) is 0 Å². The molecule has 0 bridgehead atoms. The van der Waals surface area contributed by atoms with Crippen LogP contribution in [0.2, 0.25) is 10.0 Å². The summed E-state index contributed by atoms with van der Waals surface area (Å²) in [5.74, 6) is 0.276. The molecule has 6 nitrogen and oxygen atoms in total. The van der Waals surface area contributed by atoms with Crippen molar-refractivity contribution in [3.05, 3.63) is 52.0 Å². The van der Waals surface area contributed by atoms with Gasteiger partial charge in [-0.2, -0.15) is 0 Å². The maximum absolute atomic E-state index is 12.1. The van der Waals surface area contributed by atoms with Crippen molar-refractivity contribution in [1.82, 2.24) is 5.32 Å². The van der Waals surface area contributed by atoms with Crippen molar-refractivity contribution < 1.29 is 19.1 Å². The molecule has 138 valence electrons. The van der Waals surface area contributed by atoms with E-state index in [-0.39, 0.29) is 17.5 Å². The molecule has 2 aromatic carbocycles. The number of carbonyl (C=O) groups is 2. The van der Waals surface area contributed by atoms with Gasteiger partial charge in [0.2, 0.25) is 5.91 Å². The van der Waals surface area contributed by atoms with Gasteiger partial charge in [-0.05, 0) is 37.3 Å². The van der Waals surface area contributed by atoms with Crippen LogP contribution in [0.15, 0.2) is 36.4 Å². The predicted molar refractivity (Wildman–Crippen MR) is 102 cm³/mol. The van der Waals surface area contributed by atoms with Crippen molar-refractivity contribution in [3.8, 4) is 11.5 Å². The van der Waals surface area contributed by atoms with Gasteiger partial charge >= 0.3 is 0 Å². The highest BCUT2D eigenvalue weighted by Gasteiger charge is 2.11. The minimum Gasteiger partial charge on any atom is -0.493 e. The molecule has 0 spiro atoms. The normalized spacial score (nSPS) is 10.2. The third-order valence-electron chi connectivity index (χ3n) is 3.34. The molecule has 0 heterocycles. The summed E-state index contributed by atoms with van der Waals surface area (Å²) in [4.78, 5) is 24.1. The molecule has 0 aliphatic rings. The number of methoxy groups -OCH3 is 1. The Kier molecular flexibility index (Phi) is 7.12. The lowest BCUT2D eigenvalue weighted by atomic mass is 10.2. The molecule has 2 amide bonds. The number of ether oxygens (including phenoxy) is 2. The minimum atomic E-state index is -0.428. The van der Waals surface area contributed by atoms with E-state index in [1.54, 1.807) is 18.2 Å². The van der Waals surface area contributed by atoms with Crippen molar-refractivity contribution in [2.75, 3.05) is 25.6 Å². The molecule has 0 aliphatic carbocycles. The van der Waals surface area contributed by atoms with Crippen LogP contribution in [-0.4, -0.2) is 32.1 Å². The Balaban J connectivity index is 1.94. The fraction of sp³-hybridized carbons (Fsp3) is 0.222. The fourth-order valence-electron chi connectivity index (χ4n) is 2.13. The second-order valence-corrected chi connectivity index (χ2v) is 5.97. The Labute approximate surface area is 161 Å². The maximum Gasteiger partial charge on any atom is 0.251 e. The van der Waals surface area contributed by atoms with E-state index in [0.29, 0.717) is 34.4 Å². The fourth-order valence-corrected chi connectivity index (χ4v) is 2.42. The Morgan fingerprint density at radius 1 is 1.04 bits per heavy atom. The third kappa shape index (κ3) is 5.28. The van der Waals surface area contributed by atoms with E-state index in [4.69, 9.17) is 32.7 Å². The van der Waals surface area contributed by atoms with Gasteiger partial charge in [-0.25, -0.2) is 0 Å². The van der Waals surface area contributed by atoms with Gasteiger partial charge in [0.1, 0.15) is 0 Å². The zero-order chi connectivity index (χ0) is 19.1. The molecule has 8 heteroatoms. The number of benzene rings is 2. The second-order valence-electron chi connectivity index (χ2n) is 5.16. The van der Waals surface area contributed by atoms with Crippen molar-refractivity contribution >= 4 is 40.7 Å². The highest BCUT2D eigenvalue weighted by molar-refractivity contribution is 6.42. The second kappa shape index (κ2) is 9.31. The van der Waals surface area contributed by atoms with Crippen molar-refractivity contribution in [1.29, 1.82) is 0 Å². The molecule has 0 radical (unpaired) electrons. The Hall–Kier alpha value is -2.44. The van der Waals surface area contributed by atoms with Gasteiger partial charge in [0.15, 0.2) is 11.5 Å². The molecule has 0 saturated heterocycles. The number of hydrogen-bond donors (Lipinski definition) is 2. The van der Waals surface area contributed by atoms with E-state index in [1.807, 2.05) is 6.92 Å². The third-order valence-corrected chi connectivity index (χ3v) is 4.08. The van der Waals surface area contributed by atoms with Gasteiger partial charge in [0.25, 0.3) is 5.91 Å². The molecular weight excluding hydrogens is 379 g/mol. The predicted octanol–water partition coefficient (Wildman–Crippen LogP) is 3.77. The summed E-state index contributed by atoms with van der Waals surface area (Å²) < 4.78 is 10.6. The van der Waals surface area contributed by atoms with Crippen LogP contribution >= 0.6 is 23.2 Å². The first-order valence-electron chi connectivity index (χ1n) is 7.78. The lowest BCUT2D eigenvalue weighted by Gasteiger charge is -2.12. The van der Waals surface area contributed by atoms with Gasteiger partial charge in [0.05, 0.1) is 30.3 Å². The van der Waals surface area contributed by atoms with Crippen LogP contribution in [0.3, 0.4) is 0 Å². The van der Waals surface area contributed by atoms with Gasteiger partial charge < -0.3 is 20.1 Å². The first-order valence-corrected chi connectivity index (χ1v) is 8.54. The minimum absolute atomic E-state index is 0.200. The van der Waals surface area contributed by atoms with Crippen LogP contribution in [0.1, 0.15) is 17.3 Å². The largest absolute Gasteiger partial charge is 0.493 e. The summed E-state index contributed by atoms with van der Waals surface area (Å²) in [6.45, 7) is 2.17. The highest BCUT2D eigenvalue weighted by atomic mass is 35.5. The van der Waals surface area contributed by atoms with Crippen LogP contribution in [-0.2, 0) is 4.79 Å². The van der Waals surface area contributed by atoms with E-state index in [2.05, 4.69) is 10.6 Å². The van der Waals surface area contributed by atoms with Crippen LogP contribution in [0, 0.1) is 0 Å². The summed E-state index contributed by atoms with van der Waals surface area (Å²) in [6.07, 6.45) is 0. The van der Waals surface area contributed by atoms with E-state index in [0.717, 1.165) is 0 Å². The quantitative estimate of drug-likeness (QED) is 0.746. The van der Waals surface area contributed by atoms with Crippen molar-refractivity contribution in [2.45, 2.75) is 6.92 Å². The average molecular weight is 397 g/mol. The van der Waals surface area contributed by atoms with E-state index >= 15 is 0 Å². The Morgan fingerprint density at radius 2 is 1.81 bits per heavy atom. The average Bonchev–Trinajstić information content (AvgIpc) is 2.63. The molecule has 0 fully saturated rings. The first kappa shape index (κ1) is 19.9. The summed E-state index contributed by atoms with van der Waals surface area (Å²) in [5.41, 5.74) is 0.842. The van der Waals surface area contributed by atoms with Crippen LogP contribution in [0.4, 0.5) is 5.69 Å². The molecule has 2 rings (SSSR count). The smallest absolute Gasteiger partial charge is 0.251 e. The zero-order valence-corrected chi connectivity index (χ0v) is 15.8. The summed E-state index contributed by atoms with van der Waals surface area (Å²) in [6, 6.07) is 9.51. The first-order chi connectivity index (χ1) is 12.4. The Bertz CT molecular complexity index is 812. The molecule has 0 unspecified atom stereocenters. The molecule has 2 N–H and O–H groups in total. The lowest BCUT2D eigenvalue weighted by Crippen LogP contribution is -2.32. The highest BCUT2D eigenvalue weighted by Crippen LogP contribution is 2.30. The van der Waals surface area contributed by atoms with Gasteiger partial charge in [0, 0.05) is 17.3 Å². The lowest BCUT2D eigenvalue weighted by molar-refractivity contribution is -0.115.